The first-order valence-corrected chi connectivity index (χ1v) is 7.58. The van der Waals surface area contributed by atoms with Gasteiger partial charge in [-0.25, -0.2) is 4.98 Å². The van der Waals surface area contributed by atoms with Crippen molar-refractivity contribution in [2.24, 2.45) is 0 Å². The number of nitrogens with one attached hydrogen (secondary N) is 2. The summed E-state index contributed by atoms with van der Waals surface area (Å²) in [5.41, 5.74) is 1.53. The SMILES string of the molecule is CCc1cc(=O)n2[nH]c(NCc3ccc(OC)c(OC)c3)nc2n1. The van der Waals surface area contributed by atoms with Crippen LogP contribution in [0.4, 0.5) is 5.95 Å². The van der Waals surface area contributed by atoms with Gasteiger partial charge >= 0.3 is 0 Å². The number of H-pyrrole nitrogens is 1. The molecule has 0 atom stereocenters. The number of hydrogen-bond donors (Lipinski definition) is 2. The van der Waals surface area contributed by atoms with E-state index < -0.39 is 0 Å². The van der Waals surface area contributed by atoms with Crippen molar-refractivity contribution in [3.63, 3.8) is 0 Å². The molecule has 2 heterocycles. The van der Waals surface area contributed by atoms with Gasteiger partial charge in [0, 0.05) is 18.3 Å². The van der Waals surface area contributed by atoms with Gasteiger partial charge in [0.15, 0.2) is 11.5 Å². The second-order valence-corrected chi connectivity index (χ2v) is 5.19. The largest absolute Gasteiger partial charge is 0.493 e. The number of fused-ring (bicyclic) bond motifs is 1. The Morgan fingerprint density at radius 1 is 1.17 bits per heavy atom. The molecule has 0 aliphatic rings. The zero-order valence-electron chi connectivity index (χ0n) is 13.8. The van der Waals surface area contributed by atoms with E-state index >= 15 is 0 Å². The Balaban J connectivity index is 1.81. The third-order valence-corrected chi connectivity index (χ3v) is 3.65. The van der Waals surface area contributed by atoms with E-state index in [0.717, 1.165) is 11.3 Å². The van der Waals surface area contributed by atoms with Crippen molar-refractivity contribution in [3.8, 4) is 11.5 Å². The fraction of sp³-hybridized carbons (Fsp3) is 0.312. The molecule has 0 radical (unpaired) electrons. The molecular weight excluding hydrogens is 310 g/mol. The number of nitrogens with zero attached hydrogens (tertiary/aromatic N) is 3. The van der Waals surface area contributed by atoms with E-state index in [1.54, 1.807) is 14.2 Å². The van der Waals surface area contributed by atoms with E-state index in [9.17, 15) is 4.79 Å². The number of rotatable bonds is 6. The molecule has 0 aliphatic carbocycles. The summed E-state index contributed by atoms with van der Waals surface area (Å²) in [5, 5.41) is 6.04. The molecule has 3 rings (SSSR count). The third kappa shape index (κ3) is 3.03. The van der Waals surface area contributed by atoms with Crippen molar-refractivity contribution in [2.75, 3.05) is 19.5 Å². The summed E-state index contributed by atoms with van der Waals surface area (Å²) < 4.78 is 11.8. The molecule has 0 spiro atoms. The molecule has 3 aromatic rings. The lowest BCUT2D eigenvalue weighted by Gasteiger charge is -2.09. The normalized spacial score (nSPS) is 10.8. The number of aromatic amines is 1. The third-order valence-electron chi connectivity index (χ3n) is 3.65. The lowest BCUT2D eigenvalue weighted by molar-refractivity contribution is 0.354. The average Bonchev–Trinajstić information content (AvgIpc) is 3.03. The summed E-state index contributed by atoms with van der Waals surface area (Å²) in [4.78, 5) is 20.6. The molecule has 0 fully saturated rings. The topological polar surface area (TPSA) is 93.5 Å². The number of methoxy groups -OCH3 is 2. The standard InChI is InChI=1S/C16H19N5O3/c1-4-11-8-14(22)21-16(18-11)19-15(20-21)17-9-10-5-6-12(23-2)13(7-10)24-3/h5-8H,4,9H2,1-3H3,(H2,17,18,19,20). The van der Waals surface area contributed by atoms with Gasteiger partial charge in [-0.05, 0) is 24.1 Å². The summed E-state index contributed by atoms with van der Waals surface area (Å²) in [5.74, 6) is 2.16. The van der Waals surface area contributed by atoms with Crippen LogP contribution in [-0.2, 0) is 13.0 Å². The van der Waals surface area contributed by atoms with Gasteiger partial charge in [0.05, 0.1) is 14.2 Å². The van der Waals surface area contributed by atoms with Crippen LogP contribution in [0.2, 0.25) is 0 Å². The zero-order valence-corrected chi connectivity index (χ0v) is 13.8. The van der Waals surface area contributed by atoms with Gasteiger partial charge in [0.1, 0.15) is 0 Å². The quantitative estimate of drug-likeness (QED) is 0.713. The van der Waals surface area contributed by atoms with Crippen LogP contribution in [0.5, 0.6) is 11.5 Å². The van der Waals surface area contributed by atoms with Gasteiger partial charge in [-0.15, -0.1) is 0 Å². The number of aryl methyl sites for hydroxylation is 1. The molecule has 126 valence electrons. The molecule has 0 amide bonds. The molecule has 2 N–H and O–H groups in total. The van der Waals surface area contributed by atoms with Crippen LogP contribution in [0.25, 0.3) is 5.78 Å². The average molecular weight is 329 g/mol. The zero-order chi connectivity index (χ0) is 17.1. The predicted molar refractivity (Wildman–Crippen MR) is 89.9 cm³/mol. The molecule has 0 unspecified atom stereocenters. The highest BCUT2D eigenvalue weighted by Gasteiger charge is 2.08. The number of benzene rings is 1. The maximum atomic E-state index is 12.0. The summed E-state index contributed by atoms with van der Waals surface area (Å²) in [6.45, 7) is 2.46. The van der Waals surface area contributed by atoms with Crippen molar-refractivity contribution in [2.45, 2.75) is 19.9 Å². The Bertz CT molecular complexity index is 916. The Kier molecular flexibility index (Phi) is 4.37. The summed E-state index contributed by atoms with van der Waals surface area (Å²) in [6, 6.07) is 7.15. The van der Waals surface area contributed by atoms with E-state index in [1.165, 1.54) is 10.6 Å². The van der Waals surface area contributed by atoms with E-state index in [0.29, 0.717) is 36.2 Å². The monoisotopic (exact) mass is 329 g/mol. The highest BCUT2D eigenvalue weighted by atomic mass is 16.5. The lowest BCUT2D eigenvalue weighted by atomic mass is 10.2. The maximum Gasteiger partial charge on any atom is 0.274 e. The Morgan fingerprint density at radius 3 is 2.67 bits per heavy atom. The molecule has 8 heteroatoms. The molecule has 8 nitrogen and oxygen atoms in total. The molecule has 0 aliphatic heterocycles. The minimum Gasteiger partial charge on any atom is -0.493 e. The van der Waals surface area contributed by atoms with Gasteiger partial charge in [-0.1, -0.05) is 13.0 Å². The number of anilines is 1. The van der Waals surface area contributed by atoms with Crippen LogP contribution in [0.15, 0.2) is 29.1 Å². The summed E-state index contributed by atoms with van der Waals surface area (Å²) >= 11 is 0. The first-order chi connectivity index (χ1) is 11.6. The van der Waals surface area contributed by atoms with Crippen LogP contribution < -0.4 is 20.3 Å². The number of hydrogen-bond acceptors (Lipinski definition) is 6. The van der Waals surface area contributed by atoms with Crippen LogP contribution in [0.3, 0.4) is 0 Å². The number of ether oxygens (including phenoxy) is 2. The van der Waals surface area contributed by atoms with E-state index in [2.05, 4.69) is 20.4 Å². The fourth-order valence-electron chi connectivity index (χ4n) is 2.36. The fourth-order valence-corrected chi connectivity index (χ4v) is 2.36. The van der Waals surface area contributed by atoms with Crippen LogP contribution in [0.1, 0.15) is 18.2 Å². The maximum absolute atomic E-state index is 12.0. The van der Waals surface area contributed by atoms with Gasteiger partial charge in [-0.2, -0.15) is 9.50 Å². The van der Waals surface area contributed by atoms with Crippen molar-refractivity contribution >= 4 is 11.7 Å². The summed E-state index contributed by atoms with van der Waals surface area (Å²) in [6.07, 6.45) is 0.688. The van der Waals surface area contributed by atoms with Crippen molar-refractivity contribution < 1.29 is 9.47 Å². The van der Waals surface area contributed by atoms with Crippen molar-refractivity contribution in [3.05, 3.63) is 45.9 Å². The molecule has 24 heavy (non-hydrogen) atoms. The molecular formula is C16H19N5O3. The van der Waals surface area contributed by atoms with Crippen LogP contribution in [-0.4, -0.2) is 33.8 Å². The number of aromatic nitrogens is 4. The van der Waals surface area contributed by atoms with Crippen molar-refractivity contribution in [1.29, 1.82) is 0 Å². The first-order valence-electron chi connectivity index (χ1n) is 7.58. The second-order valence-electron chi connectivity index (χ2n) is 5.19. The van der Waals surface area contributed by atoms with Gasteiger partial charge in [-0.3, -0.25) is 9.89 Å². The smallest absolute Gasteiger partial charge is 0.274 e. The van der Waals surface area contributed by atoms with Crippen molar-refractivity contribution in [1.82, 2.24) is 19.6 Å². The molecule has 1 aromatic carbocycles. The van der Waals surface area contributed by atoms with E-state index in [-0.39, 0.29) is 5.56 Å². The van der Waals surface area contributed by atoms with E-state index in [1.807, 2.05) is 25.1 Å². The second kappa shape index (κ2) is 6.61. The Labute approximate surface area is 138 Å². The summed E-state index contributed by atoms with van der Waals surface area (Å²) in [7, 11) is 3.19. The highest BCUT2D eigenvalue weighted by Crippen LogP contribution is 2.27. The van der Waals surface area contributed by atoms with Gasteiger partial charge in [0.25, 0.3) is 11.3 Å². The predicted octanol–water partition coefficient (Wildman–Crippen LogP) is 1.61. The Morgan fingerprint density at radius 2 is 1.96 bits per heavy atom. The van der Waals surface area contributed by atoms with Gasteiger partial charge in [0.2, 0.25) is 5.95 Å². The van der Waals surface area contributed by atoms with Crippen LogP contribution in [0, 0.1) is 0 Å². The highest BCUT2D eigenvalue weighted by molar-refractivity contribution is 5.44. The molecule has 0 saturated carbocycles. The first kappa shape index (κ1) is 15.9. The Hall–Kier alpha value is -3.03. The lowest BCUT2D eigenvalue weighted by Crippen LogP contribution is -2.15. The molecule has 0 saturated heterocycles. The molecule has 0 bridgehead atoms. The van der Waals surface area contributed by atoms with Gasteiger partial charge < -0.3 is 14.8 Å². The van der Waals surface area contributed by atoms with E-state index in [4.69, 9.17) is 9.47 Å². The van der Waals surface area contributed by atoms with Crippen LogP contribution >= 0.6 is 0 Å². The molecule has 2 aromatic heterocycles. The minimum absolute atomic E-state index is 0.177. The minimum atomic E-state index is -0.177.